The van der Waals surface area contributed by atoms with Gasteiger partial charge in [0.25, 0.3) is 0 Å². The van der Waals surface area contributed by atoms with E-state index in [1.165, 1.54) is 0 Å². The molecule has 2 aromatic rings. The summed E-state index contributed by atoms with van der Waals surface area (Å²) in [5, 5.41) is 9.18. The molecule has 0 aliphatic heterocycles. The molecule has 0 heterocycles. The van der Waals surface area contributed by atoms with E-state index in [1.807, 2.05) is 60.5 Å². The molecule has 1 atom stereocenters. The largest absolute Gasteiger partial charge is 0.481 e. The third-order valence-corrected chi connectivity index (χ3v) is 3.69. The van der Waals surface area contributed by atoms with Gasteiger partial charge in [0.2, 0.25) is 0 Å². The predicted molar refractivity (Wildman–Crippen MR) is 84.7 cm³/mol. The van der Waals surface area contributed by atoms with Gasteiger partial charge in [0.15, 0.2) is 0 Å². The van der Waals surface area contributed by atoms with Gasteiger partial charge in [-0.05, 0) is 18.2 Å². The second kappa shape index (κ2) is 7.52. The Morgan fingerprint density at radius 1 is 1.14 bits per heavy atom. The van der Waals surface area contributed by atoms with Gasteiger partial charge >= 0.3 is 5.97 Å². The average molecular weight is 297 g/mol. The second-order valence-electron chi connectivity index (χ2n) is 5.26. The van der Waals surface area contributed by atoms with Crippen molar-refractivity contribution in [2.45, 2.75) is 19.0 Å². The van der Waals surface area contributed by atoms with Gasteiger partial charge in [-0.2, -0.15) is 0 Å². The van der Waals surface area contributed by atoms with E-state index < -0.39 is 5.97 Å². The van der Waals surface area contributed by atoms with Crippen molar-refractivity contribution in [1.29, 1.82) is 0 Å². The van der Waals surface area contributed by atoms with E-state index in [0.29, 0.717) is 12.1 Å². The number of hydrogen-bond acceptors (Lipinski definition) is 3. The van der Waals surface area contributed by atoms with Crippen LogP contribution in [-0.2, 0) is 11.3 Å². The molecule has 0 amide bonds. The number of carboxylic acid groups (broad SMARTS) is 1. The zero-order chi connectivity index (χ0) is 15.9. The lowest BCUT2D eigenvalue weighted by Gasteiger charge is -2.27. The summed E-state index contributed by atoms with van der Waals surface area (Å²) in [5.74, 6) is -0.843. The minimum atomic E-state index is -0.843. The maximum absolute atomic E-state index is 11.2. The van der Waals surface area contributed by atoms with Crippen molar-refractivity contribution in [2.24, 2.45) is 0 Å². The average Bonchev–Trinajstić information content (AvgIpc) is 2.53. The summed E-state index contributed by atoms with van der Waals surface area (Å²) >= 11 is 0. The van der Waals surface area contributed by atoms with Crippen LogP contribution in [0.3, 0.4) is 0 Å². The fourth-order valence-electron chi connectivity index (χ4n) is 2.54. The van der Waals surface area contributed by atoms with Crippen LogP contribution in [0.5, 0.6) is 0 Å². The van der Waals surface area contributed by atoms with Gasteiger partial charge in [-0.1, -0.05) is 54.6 Å². The van der Waals surface area contributed by atoms with Crippen molar-refractivity contribution >= 4 is 12.3 Å². The molecule has 0 saturated carbocycles. The van der Waals surface area contributed by atoms with Gasteiger partial charge in [0, 0.05) is 18.2 Å². The van der Waals surface area contributed by atoms with Crippen LogP contribution < -0.4 is 0 Å². The Balaban J connectivity index is 2.24. The highest BCUT2D eigenvalue weighted by molar-refractivity contribution is 5.77. The van der Waals surface area contributed by atoms with Crippen molar-refractivity contribution in [2.75, 3.05) is 7.05 Å². The highest BCUT2D eigenvalue weighted by atomic mass is 16.4. The lowest BCUT2D eigenvalue weighted by molar-refractivity contribution is -0.138. The third kappa shape index (κ3) is 4.02. The Morgan fingerprint density at radius 2 is 1.77 bits per heavy atom. The van der Waals surface area contributed by atoms with E-state index in [-0.39, 0.29) is 12.5 Å². The SMILES string of the molecule is CN(Cc1ccccc1C=O)C(CC(=O)O)c1ccccc1. The molecule has 1 N–H and O–H groups in total. The van der Waals surface area contributed by atoms with Crippen molar-refractivity contribution in [3.05, 3.63) is 71.3 Å². The Morgan fingerprint density at radius 3 is 2.41 bits per heavy atom. The van der Waals surface area contributed by atoms with E-state index in [9.17, 15) is 14.7 Å². The molecular weight excluding hydrogens is 278 g/mol. The number of aldehydes is 1. The molecule has 0 bridgehead atoms. The first-order valence-electron chi connectivity index (χ1n) is 7.12. The molecule has 0 aromatic heterocycles. The topological polar surface area (TPSA) is 57.6 Å². The minimum Gasteiger partial charge on any atom is -0.481 e. The first-order valence-corrected chi connectivity index (χ1v) is 7.12. The molecule has 4 nitrogen and oxygen atoms in total. The van der Waals surface area contributed by atoms with Gasteiger partial charge in [0.05, 0.1) is 6.42 Å². The van der Waals surface area contributed by atoms with E-state index in [0.717, 1.165) is 17.4 Å². The third-order valence-electron chi connectivity index (χ3n) is 3.69. The molecule has 4 heteroatoms. The van der Waals surface area contributed by atoms with Crippen LogP contribution in [0, 0.1) is 0 Å². The summed E-state index contributed by atoms with van der Waals surface area (Å²) in [4.78, 5) is 24.3. The normalized spacial score (nSPS) is 12.1. The Labute approximate surface area is 130 Å². The lowest BCUT2D eigenvalue weighted by Crippen LogP contribution is -2.26. The number of aliphatic carboxylic acids is 1. The number of carboxylic acids is 1. The maximum atomic E-state index is 11.2. The van der Waals surface area contributed by atoms with E-state index >= 15 is 0 Å². The minimum absolute atomic E-state index is 0.0176. The fourth-order valence-corrected chi connectivity index (χ4v) is 2.54. The molecule has 0 fully saturated rings. The molecule has 2 aromatic carbocycles. The molecule has 22 heavy (non-hydrogen) atoms. The smallest absolute Gasteiger partial charge is 0.305 e. The second-order valence-corrected chi connectivity index (χ2v) is 5.26. The number of hydrogen-bond donors (Lipinski definition) is 1. The summed E-state index contributed by atoms with van der Waals surface area (Å²) in [5.41, 5.74) is 2.48. The summed E-state index contributed by atoms with van der Waals surface area (Å²) in [6, 6.07) is 16.7. The van der Waals surface area contributed by atoms with Crippen LogP contribution in [0.2, 0.25) is 0 Å². The van der Waals surface area contributed by atoms with E-state index in [2.05, 4.69) is 0 Å². The van der Waals surface area contributed by atoms with E-state index in [1.54, 1.807) is 6.07 Å². The highest BCUT2D eigenvalue weighted by Crippen LogP contribution is 2.25. The van der Waals surface area contributed by atoms with Crippen LogP contribution >= 0.6 is 0 Å². The van der Waals surface area contributed by atoms with Crippen molar-refractivity contribution in [1.82, 2.24) is 4.90 Å². The quantitative estimate of drug-likeness (QED) is 0.798. The number of rotatable bonds is 7. The summed E-state index contributed by atoms with van der Waals surface area (Å²) in [7, 11) is 1.88. The molecular formula is C18H19NO3. The van der Waals surface area contributed by atoms with Gasteiger partial charge in [-0.15, -0.1) is 0 Å². The summed E-state index contributed by atoms with van der Waals surface area (Å²) in [6.07, 6.45) is 0.849. The lowest BCUT2D eigenvalue weighted by atomic mass is 10.0. The highest BCUT2D eigenvalue weighted by Gasteiger charge is 2.21. The van der Waals surface area contributed by atoms with Gasteiger partial charge < -0.3 is 5.11 Å². The molecule has 0 aliphatic rings. The van der Waals surface area contributed by atoms with Crippen LogP contribution in [0.25, 0.3) is 0 Å². The first kappa shape index (κ1) is 15.9. The molecule has 1 unspecified atom stereocenters. The Hall–Kier alpha value is -2.46. The molecule has 0 saturated heterocycles. The number of carbonyl (C=O) groups is 2. The van der Waals surface area contributed by atoms with Crippen LogP contribution in [0.15, 0.2) is 54.6 Å². The number of nitrogens with zero attached hydrogens (tertiary/aromatic N) is 1. The number of carbonyl (C=O) groups excluding carboxylic acids is 1. The van der Waals surface area contributed by atoms with E-state index in [4.69, 9.17) is 0 Å². The van der Waals surface area contributed by atoms with Crippen molar-refractivity contribution in [3.63, 3.8) is 0 Å². The Bertz CT molecular complexity index is 640. The molecule has 2 rings (SSSR count). The van der Waals surface area contributed by atoms with Crippen molar-refractivity contribution < 1.29 is 14.7 Å². The monoisotopic (exact) mass is 297 g/mol. The predicted octanol–water partition coefficient (Wildman–Crippen LogP) is 3.15. The van der Waals surface area contributed by atoms with Crippen molar-refractivity contribution in [3.8, 4) is 0 Å². The summed E-state index contributed by atoms with van der Waals surface area (Å²) in [6.45, 7) is 0.516. The fraction of sp³-hybridized carbons (Fsp3) is 0.222. The molecule has 0 radical (unpaired) electrons. The molecule has 114 valence electrons. The zero-order valence-electron chi connectivity index (χ0n) is 12.5. The first-order chi connectivity index (χ1) is 10.6. The standard InChI is InChI=1S/C18H19NO3/c1-19(12-15-9-5-6-10-16(15)13-20)17(11-18(21)22)14-7-3-2-4-8-14/h2-10,13,17H,11-12H2,1H3,(H,21,22). The molecule has 0 spiro atoms. The summed E-state index contributed by atoms with van der Waals surface area (Å²) < 4.78 is 0. The maximum Gasteiger partial charge on any atom is 0.305 e. The van der Waals surface area contributed by atoms with Crippen LogP contribution in [0.1, 0.15) is 33.9 Å². The molecule has 0 aliphatic carbocycles. The van der Waals surface area contributed by atoms with Gasteiger partial charge in [-0.3, -0.25) is 14.5 Å². The number of benzene rings is 2. The Kier molecular flexibility index (Phi) is 5.44. The van der Waals surface area contributed by atoms with Gasteiger partial charge in [-0.25, -0.2) is 0 Å². The van der Waals surface area contributed by atoms with Crippen LogP contribution in [-0.4, -0.2) is 29.3 Å². The zero-order valence-corrected chi connectivity index (χ0v) is 12.5. The van der Waals surface area contributed by atoms with Gasteiger partial charge in [0.1, 0.15) is 6.29 Å². The van der Waals surface area contributed by atoms with Crippen LogP contribution in [0.4, 0.5) is 0 Å².